The van der Waals surface area contributed by atoms with Crippen LogP contribution >= 0.6 is 12.1 Å². The van der Waals surface area contributed by atoms with Crippen molar-refractivity contribution in [1.82, 2.24) is 0 Å². The summed E-state index contributed by atoms with van der Waals surface area (Å²) in [7, 11) is -3.80. The van der Waals surface area contributed by atoms with Crippen LogP contribution in [0.25, 0.3) is 0 Å². The summed E-state index contributed by atoms with van der Waals surface area (Å²) in [6, 6.07) is 0. The molecule has 0 aromatic rings. The molecule has 0 aliphatic rings. The van der Waals surface area contributed by atoms with E-state index in [1.54, 1.807) is 0 Å². The van der Waals surface area contributed by atoms with Crippen molar-refractivity contribution in [1.29, 1.82) is 0 Å². The molecule has 0 aliphatic heterocycles. The third kappa shape index (κ3) is 78.3. The van der Waals surface area contributed by atoms with Crippen molar-refractivity contribution < 1.29 is 8.22 Å². The molecule has 0 heterocycles. The van der Waals surface area contributed by atoms with E-state index in [0.29, 0.717) is 0 Å². The average Bonchev–Trinajstić information content (AvgIpc) is 0.722. The molecular formula is H4F2SSi2. The molecule has 0 aliphatic carbocycles. The van der Waals surface area contributed by atoms with Gasteiger partial charge in [0.1, 0.15) is 0 Å². The molecule has 0 atom stereocenters. The lowest BCUT2D eigenvalue weighted by Gasteiger charge is -1.88. The Balaban J connectivity index is 3.02. The number of hydrogen-bond acceptors (Lipinski definition) is 1. The number of thiol groups is 1. The van der Waals surface area contributed by atoms with Gasteiger partial charge in [0.25, 0.3) is 0 Å². The van der Waals surface area contributed by atoms with Crippen LogP contribution in [0.2, 0.25) is 0 Å². The molecular weight excluding hydrogens is 126 g/mol. The normalized spacial score (nSPS) is 12.6. The molecule has 0 radical (unpaired) electrons. The van der Waals surface area contributed by atoms with E-state index in [1.165, 1.54) is 0 Å². The molecule has 0 unspecified atom stereocenters. The predicted molar refractivity (Wildman–Crippen MR) is 26.9 cm³/mol. The predicted octanol–water partition coefficient (Wildman–Crippen LogP) is -0.344. The van der Waals surface area contributed by atoms with Gasteiger partial charge in [0.15, 0.2) is 0 Å². The van der Waals surface area contributed by atoms with Gasteiger partial charge in [-0.1, -0.05) is 0 Å². The van der Waals surface area contributed by atoms with Crippen molar-refractivity contribution in [2.45, 2.75) is 0 Å². The van der Waals surface area contributed by atoms with Gasteiger partial charge in [-0.3, -0.25) is 8.22 Å². The summed E-state index contributed by atoms with van der Waals surface area (Å²) in [4.78, 5) is 0. The van der Waals surface area contributed by atoms with Crippen molar-refractivity contribution in [2.24, 2.45) is 0 Å². The lowest BCUT2D eigenvalue weighted by atomic mass is 18.8. The van der Waals surface area contributed by atoms with Crippen LogP contribution in [0.15, 0.2) is 0 Å². The standard InChI is InChI=1S/F2H4SSi2/c1-5(2,3)4/h3H,4H3. The third-order valence-corrected chi connectivity index (χ3v) is 0. The van der Waals surface area contributed by atoms with Crippen LogP contribution in [0.4, 0.5) is 8.22 Å². The molecule has 5 heteroatoms. The molecule has 0 bridgehead atoms. The Labute approximate surface area is 38.2 Å². The Kier molecular flexibility index (Phi) is 1.58. The first kappa shape index (κ1) is 5.64. The zero-order valence-corrected chi connectivity index (χ0v) is 6.60. The molecule has 0 fully saturated rings. The molecule has 5 heavy (non-hydrogen) atoms. The van der Waals surface area contributed by atoms with E-state index in [-0.39, 0.29) is 9.76 Å². The van der Waals surface area contributed by atoms with Crippen molar-refractivity contribution in [2.75, 3.05) is 0 Å². The number of hydrogen-bond donors (Lipinski definition) is 1. The van der Waals surface area contributed by atoms with E-state index in [9.17, 15) is 8.22 Å². The summed E-state index contributed by atoms with van der Waals surface area (Å²) in [5.74, 6) is 0. The van der Waals surface area contributed by atoms with Gasteiger partial charge in [-0.25, -0.2) is 0 Å². The van der Waals surface area contributed by atoms with Crippen LogP contribution in [0, 0.1) is 0 Å². The first-order chi connectivity index (χ1) is 2.00. The van der Waals surface area contributed by atoms with Gasteiger partial charge in [0.2, 0.25) is 0 Å². The van der Waals surface area contributed by atoms with Gasteiger partial charge >= 0.3 is 7.41 Å². The van der Waals surface area contributed by atoms with Gasteiger partial charge in [0.05, 0.1) is 9.76 Å². The van der Waals surface area contributed by atoms with Crippen LogP contribution in [-0.4, -0.2) is 17.2 Å². The highest BCUT2D eigenvalue weighted by molar-refractivity contribution is 8.17. The minimum absolute atomic E-state index is 0.0224. The van der Waals surface area contributed by atoms with Gasteiger partial charge in [-0.2, -0.15) is 0 Å². The molecule has 0 rings (SSSR count). The Hall–Kier alpha value is 0.644. The highest BCUT2D eigenvalue weighted by Crippen LogP contribution is 2.02. The molecule has 0 saturated carbocycles. The van der Waals surface area contributed by atoms with E-state index in [0.717, 1.165) is 0 Å². The summed E-state index contributed by atoms with van der Waals surface area (Å²) in [6.45, 7) is 0. The minimum Gasteiger partial charge on any atom is -0.264 e. The van der Waals surface area contributed by atoms with Crippen LogP contribution < -0.4 is 0 Å². The van der Waals surface area contributed by atoms with Gasteiger partial charge in [0, 0.05) is 0 Å². The lowest BCUT2D eigenvalue weighted by Crippen LogP contribution is -2.11. The Morgan fingerprint density at radius 3 is 1.60 bits per heavy atom. The molecule has 0 aromatic carbocycles. The van der Waals surface area contributed by atoms with E-state index in [2.05, 4.69) is 12.1 Å². The molecule has 0 N–H and O–H groups in total. The first-order valence-electron chi connectivity index (χ1n) is 1.10. The van der Waals surface area contributed by atoms with Crippen LogP contribution in [-0.2, 0) is 0 Å². The van der Waals surface area contributed by atoms with Gasteiger partial charge < -0.3 is 0 Å². The SMILES string of the molecule is F[Si](F)([SiH3])S. The molecule has 0 aromatic heterocycles. The Bertz CT molecular complexity index is 23.1. The summed E-state index contributed by atoms with van der Waals surface area (Å²) >= 11 is 2.99. The maximum atomic E-state index is 11.1. The third-order valence-electron chi connectivity index (χ3n) is 0. The average molecular weight is 130 g/mol. The van der Waals surface area contributed by atoms with Gasteiger partial charge in [-0.15, -0.1) is 12.1 Å². The molecule has 32 valence electrons. The fraction of sp³-hybridized carbons (Fsp3) is 0. The summed E-state index contributed by atoms with van der Waals surface area (Å²) in [5, 5.41) is 0. The highest BCUT2D eigenvalue weighted by atomic mass is 32.3. The van der Waals surface area contributed by atoms with Crippen molar-refractivity contribution in [3.63, 3.8) is 0 Å². The summed E-state index contributed by atoms with van der Waals surface area (Å²) in [6.07, 6.45) is 0. The van der Waals surface area contributed by atoms with E-state index in [1.807, 2.05) is 0 Å². The maximum absolute atomic E-state index is 11.1. The van der Waals surface area contributed by atoms with Gasteiger partial charge in [-0.05, 0) is 0 Å². The minimum atomic E-state index is -3.78. The van der Waals surface area contributed by atoms with Crippen molar-refractivity contribution >= 4 is 29.2 Å². The van der Waals surface area contributed by atoms with E-state index >= 15 is 0 Å². The largest absolute Gasteiger partial charge is 0.447 e. The molecule has 0 saturated heterocycles. The van der Waals surface area contributed by atoms with Crippen molar-refractivity contribution in [3.8, 4) is 0 Å². The Morgan fingerprint density at radius 1 is 1.60 bits per heavy atom. The Morgan fingerprint density at radius 2 is 1.60 bits per heavy atom. The number of rotatable bonds is 0. The smallest absolute Gasteiger partial charge is 0.264 e. The second-order valence-electron chi connectivity index (χ2n) is 0.842. The number of halogens is 2. The second kappa shape index (κ2) is 1.40. The van der Waals surface area contributed by atoms with Crippen LogP contribution in [0.1, 0.15) is 0 Å². The fourth-order valence-corrected chi connectivity index (χ4v) is 0. The quantitative estimate of drug-likeness (QED) is 0.259. The molecule has 0 amide bonds. The topological polar surface area (TPSA) is 0 Å². The molecule has 0 spiro atoms. The maximum Gasteiger partial charge on any atom is 0.447 e. The summed E-state index contributed by atoms with van der Waals surface area (Å²) < 4.78 is 22.2. The van der Waals surface area contributed by atoms with E-state index in [4.69, 9.17) is 0 Å². The highest BCUT2D eigenvalue weighted by Gasteiger charge is 2.18. The van der Waals surface area contributed by atoms with Crippen molar-refractivity contribution in [3.05, 3.63) is 0 Å². The van der Waals surface area contributed by atoms with E-state index < -0.39 is 7.41 Å². The monoisotopic (exact) mass is 130 g/mol. The second-order valence-corrected chi connectivity index (χ2v) is 11.2. The molecule has 0 nitrogen and oxygen atoms in total. The zero-order valence-electron chi connectivity index (χ0n) is 2.70. The zero-order chi connectivity index (χ0) is 4.50. The first-order valence-corrected chi connectivity index (χ1v) is 7.65. The fourth-order valence-electron chi connectivity index (χ4n) is 0. The van der Waals surface area contributed by atoms with Crippen LogP contribution in [0.5, 0.6) is 0 Å². The lowest BCUT2D eigenvalue weighted by molar-refractivity contribution is 0.686. The van der Waals surface area contributed by atoms with Crippen LogP contribution in [0.3, 0.4) is 0 Å². The summed E-state index contributed by atoms with van der Waals surface area (Å²) in [5.41, 5.74) is 0.